The lowest BCUT2D eigenvalue weighted by molar-refractivity contribution is 0.0635. The molecule has 0 aromatic heterocycles. The molecule has 0 saturated carbocycles. The first-order valence-electron chi connectivity index (χ1n) is 8.33. The molecular weight excluding hydrogens is 382 g/mol. The number of hydrogen-bond acceptors (Lipinski definition) is 4. The quantitative estimate of drug-likeness (QED) is 0.404. The summed E-state index contributed by atoms with van der Waals surface area (Å²) in [5.74, 6) is 0.536. The number of amides is 1. The number of nitrogens with one attached hydrogen (secondary N) is 2. The Kier molecular flexibility index (Phi) is 8.63. The van der Waals surface area contributed by atoms with Crippen LogP contribution in [0.5, 0.6) is 0 Å². The predicted octanol–water partition coefficient (Wildman–Crippen LogP) is 6.90. The van der Waals surface area contributed by atoms with Gasteiger partial charge in [-0.1, -0.05) is 37.8 Å². The molecule has 0 spiro atoms. The van der Waals surface area contributed by atoms with Crippen LogP contribution in [-0.4, -0.2) is 17.9 Å². The van der Waals surface area contributed by atoms with Crippen LogP contribution >= 0.6 is 11.8 Å². The third-order valence-corrected chi connectivity index (χ3v) is 4.54. The summed E-state index contributed by atoms with van der Waals surface area (Å²) in [5.41, 5.74) is 0.622. The number of halogens is 2. The molecule has 0 fully saturated rings. The normalized spacial score (nSPS) is 10.9. The van der Waals surface area contributed by atoms with Gasteiger partial charge in [0.25, 0.3) is 6.43 Å². The van der Waals surface area contributed by atoms with Crippen LogP contribution in [0.15, 0.2) is 47.4 Å². The highest BCUT2D eigenvalue weighted by molar-refractivity contribution is 7.98. The number of carbonyl (C=O) groups is 1. The number of hydrogen-bond donors (Lipinski definition) is 2. The van der Waals surface area contributed by atoms with Crippen molar-refractivity contribution >= 4 is 29.8 Å². The standard InChI is InChI=1S/C20H22F2N2O2S.CH4/c1-20(2,3)26-19(25)24-17-15(11-23)9-14(18(21)22)10-16(17)27-12-13-7-5-4-6-8-13;/h4-11,18,23H,12H2,1-3H3,(H,24,25);1H4. The minimum atomic E-state index is -2.67. The van der Waals surface area contributed by atoms with Gasteiger partial charge in [0.2, 0.25) is 0 Å². The summed E-state index contributed by atoms with van der Waals surface area (Å²) in [4.78, 5) is 12.6. The van der Waals surface area contributed by atoms with Gasteiger partial charge in [0.15, 0.2) is 0 Å². The molecule has 2 N–H and O–H groups in total. The molecule has 1 amide bonds. The van der Waals surface area contributed by atoms with E-state index in [0.29, 0.717) is 16.3 Å². The van der Waals surface area contributed by atoms with Crippen molar-refractivity contribution in [3.05, 3.63) is 59.2 Å². The molecular formula is C21H26F2N2O2S. The topological polar surface area (TPSA) is 62.2 Å². The van der Waals surface area contributed by atoms with Crippen molar-refractivity contribution in [3.8, 4) is 0 Å². The van der Waals surface area contributed by atoms with Gasteiger partial charge in [-0.15, -0.1) is 11.8 Å². The van der Waals surface area contributed by atoms with Gasteiger partial charge in [-0.3, -0.25) is 5.32 Å². The van der Waals surface area contributed by atoms with E-state index < -0.39 is 18.1 Å². The van der Waals surface area contributed by atoms with Crippen molar-refractivity contribution in [2.24, 2.45) is 0 Å². The predicted molar refractivity (Wildman–Crippen MR) is 112 cm³/mol. The highest BCUT2D eigenvalue weighted by Crippen LogP contribution is 2.36. The van der Waals surface area contributed by atoms with E-state index in [4.69, 9.17) is 10.1 Å². The summed E-state index contributed by atoms with van der Waals surface area (Å²) in [6.07, 6.45) is -2.42. The maximum absolute atomic E-state index is 13.2. The summed E-state index contributed by atoms with van der Waals surface area (Å²) in [5, 5.41) is 10.2. The fraction of sp³-hybridized carbons (Fsp3) is 0.333. The molecule has 0 heterocycles. The molecule has 0 aliphatic rings. The molecule has 0 aliphatic heterocycles. The van der Waals surface area contributed by atoms with Gasteiger partial charge in [-0.05, 0) is 38.5 Å². The Morgan fingerprint density at radius 3 is 2.43 bits per heavy atom. The number of ether oxygens (including phenoxy) is 1. The van der Waals surface area contributed by atoms with Gasteiger partial charge in [0.1, 0.15) is 5.60 Å². The molecule has 7 heteroatoms. The van der Waals surface area contributed by atoms with Crippen LogP contribution in [0.2, 0.25) is 0 Å². The lowest BCUT2D eigenvalue weighted by Gasteiger charge is -2.21. The lowest BCUT2D eigenvalue weighted by atomic mass is 10.1. The van der Waals surface area contributed by atoms with E-state index in [1.807, 2.05) is 30.3 Å². The minimum absolute atomic E-state index is 0. The van der Waals surface area contributed by atoms with Crippen molar-refractivity contribution in [2.75, 3.05) is 5.32 Å². The Bertz CT molecular complexity index is 806. The summed E-state index contributed by atoms with van der Waals surface area (Å²) in [6.45, 7) is 5.19. The van der Waals surface area contributed by atoms with Gasteiger partial charge in [-0.2, -0.15) is 0 Å². The maximum atomic E-state index is 13.2. The molecule has 2 aromatic carbocycles. The lowest BCUT2D eigenvalue weighted by Crippen LogP contribution is -2.27. The van der Waals surface area contributed by atoms with Gasteiger partial charge in [-0.25, -0.2) is 13.6 Å². The Morgan fingerprint density at radius 2 is 1.89 bits per heavy atom. The molecule has 0 radical (unpaired) electrons. The van der Waals surface area contributed by atoms with Crippen LogP contribution < -0.4 is 5.32 Å². The van der Waals surface area contributed by atoms with Gasteiger partial charge < -0.3 is 10.1 Å². The zero-order valence-electron chi connectivity index (χ0n) is 15.4. The summed E-state index contributed by atoms with van der Waals surface area (Å²) in [6, 6.07) is 12.1. The van der Waals surface area contributed by atoms with E-state index in [1.165, 1.54) is 23.9 Å². The molecule has 28 heavy (non-hydrogen) atoms. The van der Waals surface area contributed by atoms with Crippen LogP contribution in [-0.2, 0) is 10.5 Å². The third kappa shape index (κ3) is 6.96. The van der Waals surface area contributed by atoms with Crippen molar-refractivity contribution < 1.29 is 18.3 Å². The fourth-order valence-electron chi connectivity index (χ4n) is 2.29. The Morgan fingerprint density at radius 1 is 1.25 bits per heavy atom. The second kappa shape index (κ2) is 10.2. The monoisotopic (exact) mass is 408 g/mol. The minimum Gasteiger partial charge on any atom is -0.444 e. The van der Waals surface area contributed by atoms with Crippen LogP contribution in [0.4, 0.5) is 19.3 Å². The second-order valence-electron chi connectivity index (χ2n) is 6.83. The van der Waals surface area contributed by atoms with Gasteiger partial charge in [0.05, 0.1) is 5.69 Å². The molecule has 4 nitrogen and oxygen atoms in total. The molecule has 0 saturated heterocycles. The molecule has 152 valence electrons. The van der Waals surface area contributed by atoms with E-state index >= 15 is 0 Å². The van der Waals surface area contributed by atoms with Crippen molar-refractivity contribution in [1.29, 1.82) is 5.41 Å². The van der Waals surface area contributed by atoms with Crippen LogP contribution in [0, 0.1) is 5.41 Å². The number of thioether (sulfide) groups is 1. The largest absolute Gasteiger partial charge is 0.444 e. The molecule has 0 bridgehead atoms. The number of carbonyl (C=O) groups excluding carboxylic acids is 1. The van der Waals surface area contributed by atoms with E-state index in [-0.39, 0.29) is 18.6 Å². The highest BCUT2D eigenvalue weighted by Gasteiger charge is 2.21. The van der Waals surface area contributed by atoms with E-state index in [0.717, 1.165) is 11.8 Å². The van der Waals surface area contributed by atoms with Crippen LogP contribution in [0.1, 0.15) is 51.3 Å². The Labute approximate surface area is 169 Å². The molecule has 2 aromatic rings. The second-order valence-corrected chi connectivity index (χ2v) is 7.85. The zero-order chi connectivity index (χ0) is 20.0. The molecule has 2 rings (SSSR count). The molecule has 0 atom stereocenters. The van der Waals surface area contributed by atoms with Crippen molar-refractivity contribution in [2.45, 2.75) is 50.9 Å². The number of alkyl halides is 2. The van der Waals surface area contributed by atoms with Crippen LogP contribution in [0.3, 0.4) is 0 Å². The number of anilines is 1. The van der Waals surface area contributed by atoms with Gasteiger partial charge in [0, 0.05) is 28.0 Å². The first-order chi connectivity index (χ1) is 12.7. The highest BCUT2D eigenvalue weighted by atomic mass is 32.2. The van der Waals surface area contributed by atoms with Crippen molar-refractivity contribution in [1.82, 2.24) is 0 Å². The summed E-state index contributed by atoms with van der Waals surface area (Å²) < 4.78 is 31.7. The zero-order valence-corrected chi connectivity index (χ0v) is 16.2. The Hall–Kier alpha value is -2.41. The van der Waals surface area contributed by atoms with E-state index in [9.17, 15) is 13.6 Å². The van der Waals surface area contributed by atoms with E-state index in [1.54, 1.807) is 20.8 Å². The molecule has 0 unspecified atom stereocenters. The first-order valence-corrected chi connectivity index (χ1v) is 9.31. The fourth-order valence-corrected chi connectivity index (χ4v) is 3.33. The average molecular weight is 409 g/mol. The molecule has 0 aliphatic carbocycles. The van der Waals surface area contributed by atoms with E-state index in [2.05, 4.69) is 5.32 Å². The smallest absolute Gasteiger partial charge is 0.412 e. The maximum Gasteiger partial charge on any atom is 0.412 e. The SMILES string of the molecule is C.CC(C)(C)OC(=O)Nc1c(C=N)cc(C(F)F)cc1SCc1ccccc1. The van der Waals surface area contributed by atoms with Crippen molar-refractivity contribution in [3.63, 3.8) is 0 Å². The first kappa shape index (κ1) is 23.6. The summed E-state index contributed by atoms with van der Waals surface area (Å²) >= 11 is 1.31. The van der Waals surface area contributed by atoms with Crippen LogP contribution in [0.25, 0.3) is 0 Å². The Balaban J connectivity index is 0.00000392. The average Bonchev–Trinajstić information content (AvgIpc) is 2.59. The summed E-state index contributed by atoms with van der Waals surface area (Å²) in [7, 11) is 0. The van der Waals surface area contributed by atoms with Gasteiger partial charge >= 0.3 is 6.09 Å². The number of benzene rings is 2. The third-order valence-electron chi connectivity index (χ3n) is 3.43. The number of rotatable bonds is 6.